The van der Waals surface area contributed by atoms with Crippen molar-refractivity contribution >= 4 is 128 Å². The van der Waals surface area contributed by atoms with Crippen molar-refractivity contribution < 1.29 is 102 Å². The molecule has 0 radical (unpaired) electrons. The molecule has 0 spiro atoms. The number of H-pyrrole nitrogens is 2. The van der Waals surface area contributed by atoms with Crippen LogP contribution < -0.4 is 75.7 Å². The van der Waals surface area contributed by atoms with Crippen LogP contribution in [0, 0.1) is 17.8 Å². The molecule has 38 heteroatoms. The zero-order valence-corrected chi connectivity index (χ0v) is 63.5. The van der Waals surface area contributed by atoms with Gasteiger partial charge in [-0.2, -0.15) is 11.8 Å². The van der Waals surface area contributed by atoms with Gasteiger partial charge >= 0.3 is 23.9 Å². The Labute approximate surface area is 638 Å². The Morgan fingerprint density at radius 1 is 0.445 bits per heavy atom. The lowest BCUT2D eigenvalue weighted by molar-refractivity contribution is -0.142. The van der Waals surface area contributed by atoms with Gasteiger partial charge in [-0.05, 0) is 111 Å². The first-order valence-electron chi connectivity index (χ1n) is 36.1. The summed E-state index contributed by atoms with van der Waals surface area (Å²) in [6.45, 7) is 11.3. The second-order valence-corrected chi connectivity index (χ2v) is 28.8. The van der Waals surface area contributed by atoms with E-state index < -0.39 is 224 Å². The fraction of sp³-hybridized carbons (Fsp3) is 0.556. The number of nitrogens with two attached hydrogens (primary N) is 3. The minimum absolute atomic E-state index is 0.0240. The number of rotatable bonds is 50. The number of para-hydroxylation sites is 2. The first kappa shape index (κ1) is 91.7. The first-order chi connectivity index (χ1) is 51.9. The van der Waals surface area contributed by atoms with Gasteiger partial charge in [0.25, 0.3) is 0 Å². The third-order valence-electron chi connectivity index (χ3n) is 17.9. The number of nitrogens with one attached hydrogen (secondary N) is 13. The minimum Gasteiger partial charge on any atom is -0.481 e. The van der Waals surface area contributed by atoms with E-state index in [1.54, 1.807) is 96.3 Å². The van der Waals surface area contributed by atoms with E-state index in [0.29, 0.717) is 51.5 Å². The first-order valence-corrected chi connectivity index (χ1v) is 37.5. The summed E-state index contributed by atoms with van der Waals surface area (Å²) in [4.78, 5) is 224. The molecule has 0 aliphatic carbocycles. The Morgan fingerprint density at radius 2 is 0.818 bits per heavy atom. The molecule has 14 atom stereocenters. The van der Waals surface area contributed by atoms with Gasteiger partial charge in [-0.15, -0.1) is 0 Å². The molecule has 4 rings (SSSR count). The van der Waals surface area contributed by atoms with Crippen LogP contribution in [-0.2, 0) is 89.6 Å². The number of thioether (sulfide) groups is 1. The number of aliphatic hydroxyl groups excluding tert-OH is 1. The monoisotopic (exact) mass is 1560 g/mol. The number of aliphatic hydroxyl groups is 1. The van der Waals surface area contributed by atoms with Crippen LogP contribution in [0.4, 0.5) is 0 Å². The summed E-state index contributed by atoms with van der Waals surface area (Å²) in [6, 6.07) is -6.60. The van der Waals surface area contributed by atoms with Gasteiger partial charge in [0.1, 0.15) is 66.5 Å². The quantitative estimate of drug-likeness (QED) is 0.0218. The van der Waals surface area contributed by atoms with Gasteiger partial charge in [0.2, 0.25) is 70.9 Å². The van der Waals surface area contributed by atoms with Gasteiger partial charge in [0, 0.05) is 53.5 Å². The molecule has 0 bridgehead atoms. The van der Waals surface area contributed by atoms with Crippen LogP contribution in [0.3, 0.4) is 0 Å². The molecule has 606 valence electrons. The van der Waals surface area contributed by atoms with Crippen LogP contribution in [-0.4, -0.2) is 227 Å². The van der Waals surface area contributed by atoms with E-state index in [1.807, 2.05) is 0 Å². The highest BCUT2D eigenvalue weighted by Gasteiger charge is 2.40. The summed E-state index contributed by atoms with van der Waals surface area (Å²) < 4.78 is 0. The molecular weight excluding hydrogens is 1460 g/mol. The predicted molar refractivity (Wildman–Crippen MR) is 402 cm³/mol. The van der Waals surface area contributed by atoms with Gasteiger partial charge in [-0.3, -0.25) is 71.9 Å². The van der Waals surface area contributed by atoms with E-state index in [2.05, 4.69) is 68.5 Å². The number of carboxylic acid groups (broad SMARTS) is 4. The lowest BCUT2D eigenvalue weighted by atomic mass is 9.97. The van der Waals surface area contributed by atoms with E-state index in [9.17, 15) is 102 Å². The maximum Gasteiger partial charge on any atom is 0.326 e. The molecule has 0 saturated carbocycles. The summed E-state index contributed by atoms with van der Waals surface area (Å²) in [6.07, 6.45) is -1.21. The number of aliphatic carboxylic acids is 4. The molecule has 2 aromatic carbocycles. The molecule has 110 heavy (non-hydrogen) atoms. The topological polar surface area (TPSA) is 616 Å². The summed E-state index contributed by atoms with van der Waals surface area (Å²) in [7, 11) is 0. The van der Waals surface area contributed by atoms with Crippen LogP contribution in [0.15, 0.2) is 60.9 Å². The highest BCUT2D eigenvalue weighted by Crippen LogP contribution is 2.23. The van der Waals surface area contributed by atoms with Gasteiger partial charge in [-0.1, -0.05) is 84.4 Å². The average Bonchev–Trinajstić information content (AvgIpc) is 1.61. The van der Waals surface area contributed by atoms with Crippen molar-refractivity contribution in [3.63, 3.8) is 0 Å². The number of hydrogen-bond acceptors (Lipinski definition) is 20. The van der Waals surface area contributed by atoms with E-state index >= 15 is 0 Å². The molecule has 2 aromatic heterocycles. The van der Waals surface area contributed by atoms with Crippen LogP contribution in [0.25, 0.3) is 21.8 Å². The van der Waals surface area contributed by atoms with Crippen LogP contribution in [0.1, 0.15) is 137 Å². The Bertz CT molecular complexity index is 3880. The molecule has 0 fully saturated rings. The van der Waals surface area contributed by atoms with Crippen molar-refractivity contribution in [2.75, 3.05) is 18.6 Å². The lowest BCUT2D eigenvalue weighted by Crippen LogP contribution is -2.62. The number of aromatic nitrogens is 2. The summed E-state index contributed by atoms with van der Waals surface area (Å²) in [5, 5.41) is 78.5. The Kier molecular flexibility index (Phi) is 37.7. The van der Waals surface area contributed by atoms with Gasteiger partial charge < -0.3 is 111 Å². The number of aromatic amines is 2. The maximum atomic E-state index is 14.9. The molecule has 12 amide bonds. The zero-order valence-electron chi connectivity index (χ0n) is 62.7. The van der Waals surface area contributed by atoms with Gasteiger partial charge in [0.15, 0.2) is 0 Å². The van der Waals surface area contributed by atoms with E-state index in [1.165, 1.54) is 24.2 Å². The van der Waals surface area contributed by atoms with Crippen molar-refractivity contribution in [1.82, 2.24) is 68.5 Å². The van der Waals surface area contributed by atoms with Crippen molar-refractivity contribution in [3.8, 4) is 0 Å². The number of amides is 12. The smallest absolute Gasteiger partial charge is 0.326 e. The van der Waals surface area contributed by atoms with Crippen LogP contribution >= 0.6 is 11.8 Å². The SMILES string of the molecule is CC[C@H](C)[C@H](NC(=O)[C@@H](N)CC(=O)O)C(=O)N[C@H](C(=O)N[C@@H](Cc1c[nH]c2ccccc12)C(=O)N[C@@H](CC(=O)O)C(=O)N[C@@H](CCC(N)=O)C(=O)N[C@@H](CC(C)C)C(=O)N[C@@H](Cc1c[nH]c2ccccc12)C(=O)N[C@@H](CC(=O)O)C(=O)N[C@@H](CC(C)C)C(=O)N[C@@H](CCSC)C(=O)N[C@@H](CCCCN)C(=O)O)[C@@H](C)O. The second kappa shape index (κ2) is 45.3. The zero-order chi connectivity index (χ0) is 82.2. The van der Waals surface area contributed by atoms with E-state index in [0.717, 1.165) is 6.92 Å². The van der Waals surface area contributed by atoms with Crippen molar-refractivity contribution in [1.29, 1.82) is 0 Å². The third-order valence-corrected chi connectivity index (χ3v) is 18.5. The fourth-order valence-corrected chi connectivity index (χ4v) is 12.2. The number of carbonyl (C=O) groups is 16. The van der Waals surface area contributed by atoms with Gasteiger partial charge in [0.05, 0.1) is 31.4 Å². The summed E-state index contributed by atoms with van der Waals surface area (Å²) in [5.74, 6) is -20.3. The largest absolute Gasteiger partial charge is 0.481 e. The third kappa shape index (κ3) is 30.0. The van der Waals surface area contributed by atoms with Crippen LogP contribution in [0.2, 0.25) is 0 Å². The molecule has 37 nitrogen and oxygen atoms in total. The number of hydrogen-bond donors (Lipinski definition) is 21. The van der Waals surface area contributed by atoms with Crippen molar-refractivity contribution in [3.05, 3.63) is 72.1 Å². The molecule has 0 aliphatic heterocycles. The van der Waals surface area contributed by atoms with E-state index in [-0.39, 0.29) is 51.0 Å². The van der Waals surface area contributed by atoms with Crippen molar-refractivity contribution in [2.45, 2.75) is 217 Å². The Hall–Kier alpha value is -10.7. The van der Waals surface area contributed by atoms with Crippen molar-refractivity contribution in [2.24, 2.45) is 35.0 Å². The van der Waals surface area contributed by atoms with Gasteiger partial charge in [-0.25, -0.2) is 4.79 Å². The Morgan fingerprint density at radius 3 is 1.23 bits per heavy atom. The highest BCUT2D eigenvalue weighted by molar-refractivity contribution is 7.98. The highest BCUT2D eigenvalue weighted by atomic mass is 32.2. The molecule has 4 aromatic rings. The number of carboxylic acids is 4. The predicted octanol–water partition coefficient (Wildman–Crippen LogP) is -1.73. The maximum absolute atomic E-state index is 14.9. The normalized spacial score (nSPS) is 15.2. The van der Waals surface area contributed by atoms with Crippen LogP contribution in [0.5, 0.6) is 0 Å². The molecular formula is C72H106N16O21S. The average molecular weight is 1560 g/mol. The molecule has 2 heterocycles. The summed E-state index contributed by atoms with van der Waals surface area (Å²) in [5.41, 5.74) is 18.8. The summed E-state index contributed by atoms with van der Waals surface area (Å²) >= 11 is 1.33. The molecule has 0 saturated heterocycles. The number of fused-ring (bicyclic) bond motifs is 2. The number of unbranched alkanes of at least 4 members (excludes halogenated alkanes) is 1. The Balaban J connectivity index is 1.70. The second-order valence-electron chi connectivity index (χ2n) is 27.8. The number of carbonyl (C=O) groups excluding carboxylic acids is 12. The number of primary amides is 1. The lowest BCUT2D eigenvalue weighted by Gasteiger charge is -2.29. The molecule has 0 aliphatic rings. The molecule has 0 unspecified atom stereocenters. The standard InChI is InChI=1S/C72H106N16O21S/c1-9-37(6)59(87-61(97)43(74)30-56(91)92)70(106)88-60(38(7)89)71(107)86-52(29-40-34-77-45-19-13-11-17-42(40)45)67(103)84-53(31-57(93)94)68(104)78-46(21-22-55(75)90)62(98)81-50(27-36(4)5)65(101)83-51(28-39-33-76-44-18-12-10-16-41(39)44)66(102)85-54(32-58(95)96)69(105)82-49(26-35(2)3)64(100)79-47(23-25-110-8)63(99)80-48(72(108)109)20-14-15-24-73/h10-13,16-19,33-38,43,46-54,59-60,76-77,89H,9,14-15,20-32,73-74H2,1-8H3,(H2,75,90)(H,78,104)(H,79,100)(H,80,99)(H,81,98)(H,82,105)(H,83,101)(H,84,103)(H,85,102)(H,86,107)(H,87,97)(H,88,106)(H,91,92)(H,93,94)(H,95,96)(H,108,109)/t37-,38+,43-,46-,47-,48-,49-,50-,51-,52-,53-,54-,59-,60-/m0/s1. The minimum atomic E-state index is -2.12. The molecule has 24 N–H and O–H groups in total. The van der Waals surface area contributed by atoms with E-state index in [4.69, 9.17) is 17.2 Å². The fourth-order valence-electron chi connectivity index (χ4n) is 11.8. The number of benzene rings is 2.